The van der Waals surface area contributed by atoms with Crippen LogP contribution in [-0.4, -0.2) is 34.2 Å². The topological polar surface area (TPSA) is 61.0 Å². The van der Waals surface area contributed by atoms with Gasteiger partial charge in [0.25, 0.3) is 0 Å². The van der Waals surface area contributed by atoms with Crippen molar-refractivity contribution in [1.82, 2.24) is 15.1 Å². The molecule has 1 aromatic carbocycles. The van der Waals surface area contributed by atoms with Crippen LogP contribution >= 0.6 is 0 Å². The molecule has 2 N–H and O–H groups in total. The smallest absolute Gasteiger partial charge is 0.321 e. The number of aromatic nitrogens is 2. The van der Waals surface area contributed by atoms with E-state index in [1.54, 1.807) is 6.20 Å². The van der Waals surface area contributed by atoms with Gasteiger partial charge in [-0.1, -0.05) is 13.3 Å². The first-order valence-electron chi connectivity index (χ1n) is 6.75. The van der Waals surface area contributed by atoms with Gasteiger partial charge in [0.2, 0.25) is 0 Å². The highest BCUT2D eigenvalue weighted by molar-refractivity contribution is 5.92. The van der Waals surface area contributed by atoms with Gasteiger partial charge in [0.05, 0.1) is 11.7 Å². The number of benzene rings is 1. The SMILES string of the molecule is CCCC1CN(C(=O)Nc2ccc3[nH]ncc3c2)C1. The summed E-state index contributed by atoms with van der Waals surface area (Å²) in [6, 6.07) is 5.74. The number of hydrogen-bond donors (Lipinski definition) is 2. The van der Waals surface area contributed by atoms with Crippen LogP contribution in [0.1, 0.15) is 19.8 Å². The summed E-state index contributed by atoms with van der Waals surface area (Å²) in [6.07, 6.45) is 4.16. The number of H-pyrrole nitrogens is 1. The van der Waals surface area contributed by atoms with Crippen LogP contribution in [0.25, 0.3) is 10.9 Å². The molecule has 3 rings (SSSR count). The summed E-state index contributed by atoms with van der Waals surface area (Å²) >= 11 is 0. The molecule has 1 aliphatic heterocycles. The van der Waals surface area contributed by atoms with Crippen LogP contribution in [0.15, 0.2) is 24.4 Å². The fourth-order valence-electron chi connectivity index (χ4n) is 2.55. The van der Waals surface area contributed by atoms with Gasteiger partial charge < -0.3 is 10.2 Å². The molecule has 1 aliphatic rings. The van der Waals surface area contributed by atoms with Gasteiger partial charge in [-0.2, -0.15) is 5.10 Å². The number of fused-ring (bicyclic) bond motifs is 1. The summed E-state index contributed by atoms with van der Waals surface area (Å²) in [6.45, 7) is 3.95. The van der Waals surface area contributed by atoms with Crippen LogP contribution in [0, 0.1) is 5.92 Å². The maximum atomic E-state index is 12.0. The Balaban J connectivity index is 1.60. The number of likely N-dealkylation sites (tertiary alicyclic amines) is 1. The van der Waals surface area contributed by atoms with E-state index in [0.29, 0.717) is 5.92 Å². The Kier molecular flexibility index (Phi) is 3.11. The molecule has 2 aromatic rings. The van der Waals surface area contributed by atoms with Crippen molar-refractivity contribution in [3.05, 3.63) is 24.4 Å². The van der Waals surface area contributed by atoms with Crippen molar-refractivity contribution < 1.29 is 4.79 Å². The maximum absolute atomic E-state index is 12.0. The number of nitrogens with zero attached hydrogens (tertiary/aromatic N) is 2. The van der Waals surface area contributed by atoms with Crippen LogP contribution in [0.3, 0.4) is 0 Å². The van der Waals surface area contributed by atoms with Crippen LogP contribution in [0.2, 0.25) is 0 Å². The number of rotatable bonds is 3. The van der Waals surface area contributed by atoms with Gasteiger partial charge in [0.15, 0.2) is 0 Å². The standard InChI is InChI=1S/C14H18N4O/c1-2-3-10-8-18(9-10)14(19)16-12-4-5-13-11(6-12)7-15-17-13/h4-7,10H,2-3,8-9H2,1H3,(H,15,17)(H,16,19). The van der Waals surface area contributed by atoms with E-state index in [9.17, 15) is 4.79 Å². The molecule has 1 saturated heterocycles. The highest BCUT2D eigenvalue weighted by atomic mass is 16.2. The zero-order valence-electron chi connectivity index (χ0n) is 11.0. The highest BCUT2D eigenvalue weighted by Crippen LogP contribution is 2.22. The molecule has 19 heavy (non-hydrogen) atoms. The summed E-state index contributed by atoms with van der Waals surface area (Å²) < 4.78 is 0. The van der Waals surface area contributed by atoms with Gasteiger partial charge in [-0.15, -0.1) is 0 Å². The molecule has 1 aromatic heterocycles. The number of nitrogens with one attached hydrogen (secondary N) is 2. The number of carbonyl (C=O) groups excluding carboxylic acids is 1. The number of hydrogen-bond acceptors (Lipinski definition) is 2. The third-order valence-electron chi connectivity index (χ3n) is 3.63. The molecule has 0 bridgehead atoms. The Morgan fingerprint density at radius 2 is 2.37 bits per heavy atom. The third kappa shape index (κ3) is 2.41. The molecule has 5 heteroatoms. The predicted molar refractivity (Wildman–Crippen MR) is 75.1 cm³/mol. The highest BCUT2D eigenvalue weighted by Gasteiger charge is 2.29. The Bertz CT molecular complexity index is 586. The summed E-state index contributed by atoms with van der Waals surface area (Å²) in [5, 5.41) is 10.8. The fraction of sp³-hybridized carbons (Fsp3) is 0.429. The Labute approximate surface area is 112 Å². The average Bonchev–Trinajstić information content (AvgIpc) is 2.80. The molecule has 0 aliphatic carbocycles. The van der Waals surface area contributed by atoms with Crippen LogP contribution in [0.4, 0.5) is 10.5 Å². The van der Waals surface area contributed by atoms with Crippen molar-refractivity contribution in [3.63, 3.8) is 0 Å². The molecule has 0 saturated carbocycles. The van der Waals surface area contributed by atoms with E-state index in [1.807, 2.05) is 23.1 Å². The number of aromatic amines is 1. The fourth-order valence-corrected chi connectivity index (χ4v) is 2.55. The molecule has 2 amide bonds. The maximum Gasteiger partial charge on any atom is 0.321 e. The van der Waals surface area contributed by atoms with E-state index in [0.717, 1.165) is 29.7 Å². The molecule has 5 nitrogen and oxygen atoms in total. The zero-order valence-corrected chi connectivity index (χ0v) is 11.0. The number of urea groups is 1. The number of amides is 2. The van der Waals surface area contributed by atoms with E-state index in [4.69, 9.17) is 0 Å². The lowest BCUT2D eigenvalue weighted by Gasteiger charge is -2.39. The van der Waals surface area contributed by atoms with Crippen molar-refractivity contribution in [2.45, 2.75) is 19.8 Å². The van der Waals surface area contributed by atoms with E-state index in [2.05, 4.69) is 22.4 Å². The largest absolute Gasteiger partial charge is 0.324 e. The predicted octanol–water partition coefficient (Wildman–Crippen LogP) is 2.83. The molecular formula is C14H18N4O. The Hall–Kier alpha value is -2.04. The molecule has 0 radical (unpaired) electrons. The van der Waals surface area contributed by atoms with E-state index in [-0.39, 0.29) is 6.03 Å². The molecule has 0 atom stereocenters. The zero-order chi connectivity index (χ0) is 13.2. The van der Waals surface area contributed by atoms with Gasteiger partial charge >= 0.3 is 6.03 Å². The van der Waals surface area contributed by atoms with Gasteiger partial charge in [-0.05, 0) is 30.5 Å². The lowest BCUT2D eigenvalue weighted by Crippen LogP contribution is -2.51. The van der Waals surface area contributed by atoms with Crippen LogP contribution in [-0.2, 0) is 0 Å². The number of carbonyl (C=O) groups is 1. The molecule has 0 spiro atoms. The average molecular weight is 258 g/mol. The molecule has 2 heterocycles. The number of anilines is 1. The second-order valence-electron chi connectivity index (χ2n) is 5.16. The second kappa shape index (κ2) is 4.91. The van der Waals surface area contributed by atoms with Crippen molar-refractivity contribution in [2.75, 3.05) is 18.4 Å². The van der Waals surface area contributed by atoms with Crippen molar-refractivity contribution in [3.8, 4) is 0 Å². The van der Waals surface area contributed by atoms with Crippen LogP contribution in [0.5, 0.6) is 0 Å². The molecule has 1 fully saturated rings. The minimum Gasteiger partial charge on any atom is -0.324 e. The van der Waals surface area contributed by atoms with Crippen molar-refractivity contribution in [1.29, 1.82) is 0 Å². The normalized spacial score (nSPS) is 15.5. The van der Waals surface area contributed by atoms with Crippen molar-refractivity contribution in [2.24, 2.45) is 5.92 Å². The van der Waals surface area contributed by atoms with Gasteiger partial charge in [0.1, 0.15) is 0 Å². The molecular weight excluding hydrogens is 240 g/mol. The second-order valence-corrected chi connectivity index (χ2v) is 5.16. The molecule has 100 valence electrons. The minimum absolute atomic E-state index is 0.00445. The lowest BCUT2D eigenvalue weighted by molar-refractivity contribution is 0.125. The van der Waals surface area contributed by atoms with E-state index in [1.165, 1.54) is 12.8 Å². The van der Waals surface area contributed by atoms with E-state index >= 15 is 0 Å². The first kappa shape index (κ1) is 12.0. The summed E-state index contributed by atoms with van der Waals surface area (Å²) in [5.41, 5.74) is 1.79. The lowest BCUT2D eigenvalue weighted by atomic mass is 9.96. The monoisotopic (exact) mass is 258 g/mol. The Morgan fingerprint density at radius 3 is 3.16 bits per heavy atom. The van der Waals surface area contributed by atoms with Gasteiger partial charge in [-0.3, -0.25) is 5.10 Å². The van der Waals surface area contributed by atoms with E-state index < -0.39 is 0 Å². The van der Waals surface area contributed by atoms with Gasteiger partial charge in [-0.25, -0.2) is 4.79 Å². The first-order chi connectivity index (χ1) is 9.26. The third-order valence-corrected chi connectivity index (χ3v) is 3.63. The first-order valence-corrected chi connectivity index (χ1v) is 6.75. The summed E-state index contributed by atoms with van der Waals surface area (Å²) in [4.78, 5) is 13.9. The van der Waals surface area contributed by atoms with Crippen molar-refractivity contribution >= 4 is 22.6 Å². The minimum atomic E-state index is -0.00445. The molecule has 0 unspecified atom stereocenters. The Morgan fingerprint density at radius 1 is 1.53 bits per heavy atom. The summed E-state index contributed by atoms with van der Waals surface area (Å²) in [5.74, 6) is 0.687. The summed E-state index contributed by atoms with van der Waals surface area (Å²) in [7, 11) is 0. The van der Waals surface area contributed by atoms with Gasteiger partial charge in [0, 0.05) is 24.2 Å². The van der Waals surface area contributed by atoms with Crippen LogP contribution < -0.4 is 5.32 Å². The quantitative estimate of drug-likeness (QED) is 0.889.